The van der Waals surface area contributed by atoms with Crippen LogP contribution in [0.1, 0.15) is 54.4 Å². The molecule has 7 nitrogen and oxygen atoms in total. The van der Waals surface area contributed by atoms with Gasteiger partial charge in [-0.1, -0.05) is 6.92 Å². The zero-order valence-corrected chi connectivity index (χ0v) is 17.7. The number of nitrogens with zero attached hydrogens (tertiary/aromatic N) is 2. The van der Waals surface area contributed by atoms with E-state index in [0.717, 1.165) is 25.6 Å². The number of aliphatic imine (C=N–C) groups is 1. The van der Waals surface area contributed by atoms with Crippen molar-refractivity contribution in [1.29, 1.82) is 0 Å². The normalized spacial score (nSPS) is 19.8. The lowest BCUT2D eigenvalue weighted by Gasteiger charge is -2.32. The Morgan fingerprint density at radius 2 is 1.92 bits per heavy atom. The van der Waals surface area contributed by atoms with Crippen LogP contribution in [0, 0.1) is 5.92 Å². The standard InChI is InChI=1S/C19H39N5O2/c1-8-24-11-9-10-15(13-24)12-21-16(20-7)22-14-19(5,6)23-17(25)26-18(2,3)4/h15H,8-14H2,1-7H3,(H,23,25)(H2,20,21,22). The summed E-state index contributed by atoms with van der Waals surface area (Å²) < 4.78 is 5.33. The van der Waals surface area contributed by atoms with E-state index in [2.05, 4.69) is 32.8 Å². The SMILES string of the molecule is CCN1CCCC(CNC(=NC)NCC(C)(C)NC(=O)OC(C)(C)C)C1. The zero-order chi connectivity index (χ0) is 19.8. The first-order valence-electron chi connectivity index (χ1n) is 9.72. The fourth-order valence-corrected chi connectivity index (χ4v) is 3.00. The van der Waals surface area contributed by atoms with E-state index >= 15 is 0 Å². The van der Waals surface area contributed by atoms with Crippen LogP contribution in [-0.4, -0.2) is 67.9 Å². The number of nitrogens with one attached hydrogen (secondary N) is 3. The van der Waals surface area contributed by atoms with Gasteiger partial charge in [0.25, 0.3) is 0 Å². The molecule has 1 aliphatic rings. The Morgan fingerprint density at radius 1 is 1.23 bits per heavy atom. The predicted octanol–water partition coefficient (Wildman–Crippen LogP) is 2.19. The van der Waals surface area contributed by atoms with E-state index < -0.39 is 17.2 Å². The third-order valence-corrected chi connectivity index (χ3v) is 4.37. The molecule has 26 heavy (non-hydrogen) atoms. The maximum atomic E-state index is 12.0. The molecule has 1 atom stereocenters. The van der Waals surface area contributed by atoms with Crippen molar-refractivity contribution in [3.63, 3.8) is 0 Å². The molecule has 0 aliphatic carbocycles. The van der Waals surface area contributed by atoms with Gasteiger partial charge in [0, 0.05) is 26.7 Å². The first kappa shape index (κ1) is 22.5. The summed E-state index contributed by atoms with van der Waals surface area (Å²) in [5.41, 5.74) is -0.957. The Balaban J connectivity index is 2.39. The number of guanidine groups is 1. The number of alkyl carbamates (subject to hydrolysis) is 1. The van der Waals surface area contributed by atoms with Crippen molar-refractivity contribution in [2.45, 2.75) is 65.5 Å². The number of amides is 1. The van der Waals surface area contributed by atoms with Crippen molar-refractivity contribution < 1.29 is 9.53 Å². The average Bonchev–Trinajstić information content (AvgIpc) is 2.52. The molecular formula is C19H39N5O2. The smallest absolute Gasteiger partial charge is 0.408 e. The summed E-state index contributed by atoms with van der Waals surface area (Å²) in [5.74, 6) is 1.41. The van der Waals surface area contributed by atoms with Crippen LogP contribution in [0.3, 0.4) is 0 Å². The molecule has 0 aromatic rings. The van der Waals surface area contributed by atoms with Gasteiger partial charge in [0.1, 0.15) is 5.60 Å². The van der Waals surface area contributed by atoms with Crippen LogP contribution in [0.25, 0.3) is 0 Å². The molecule has 0 aromatic carbocycles. The molecule has 152 valence electrons. The summed E-state index contributed by atoms with van der Waals surface area (Å²) in [6, 6.07) is 0. The van der Waals surface area contributed by atoms with E-state index in [-0.39, 0.29) is 0 Å². The second-order valence-electron chi connectivity index (χ2n) is 8.72. The third kappa shape index (κ3) is 9.27. The first-order valence-corrected chi connectivity index (χ1v) is 9.72. The molecular weight excluding hydrogens is 330 g/mol. The Kier molecular flexibility index (Phi) is 8.67. The maximum absolute atomic E-state index is 12.0. The van der Waals surface area contributed by atoms with Crippen molar-refractivity contribution in [3.05, 3.63) is 0 Å². The summed E-state index contributed by atoms with van der Waals surface area (Å²) >= 11 is 0. The molecule has 1 saturated heterocycles. The molecule has 0 saturated carbocycles. The highest BCUT2D eigenvalue weighted by Crippen LogP contribution is 2.15. The van der Waals surface area contributed by atoms with Crippen LogP contribution in [0.15, 0.2) is 4.99 Å². The Morgan fingerprint density at radius 3 is 2.50 bits per heavy atom. The van der Waals surface area contributed by atoms with Crippen LogP contribution in [0.4, 0.5) is 4.79 Å². The van der Waals surface area contributed by atoms with Crippen LogP contribution in [0.5, 0.6) is 0 Å². The number of piperidine rings is 1. The van der Waals surface area contributed by atoms with E-state index in [9.17, 15) is 4.79 Å². The number of carbonyl (C=O) groups excluding carboxylic acids is 1. The molecule has 1 unspecified atom stereocenters. The van der Waals surface area contributed by atoms with Crippen LogP contribution >= 0.6 is 0 Å². The van der Waals surface area contributed by atoms with Crippen LogP contribution in [0.2, 0.25) is 0 Å². The summed E-state index contributed by atoms with van der Waals surface area (Å²) in [7, 11) is 1.77. The van der Waals surface area contributed by atoms with Gasteiger partial charge in [-0.3, -0.25) is 4.99 Å². The van der Waals surface area contributed by atoms with Gasteiger partial charge in [-0.15, -0.1) is 0 Å². The molecule has 7 heteroatoms. The number of rotatable bonds is 6. The molecule has 1 aliphatic heterocycles. The van der Waals surface area contributed by atoms with E-state index in [1.165, 1.54) is 19.4 Å². The molecule has 1 rings (SSSR count). The summed E-state index contributed by atoms with van der Waals surface area (Å²) in [4.78, 5) is 18.8. The molecule has 0 radical (unpaired) electrons. The highest BCUT2D eigenvalue weighted by molar-refractivity contribution is 5.79. The summed E-state index contributed by atoms with van der Waals surface area (Å²) in [6.45, 7) is 16.6. The van der Waals surface area contributed by atoms with Gasteiger partial charge in [-0.25, -0.2) is 4.79 Å². The molecule has 1 amide bonds. The fourth-order valence-electron chi connectivity index (χ4n) is 3.00. The third-order valence-electron chi connectivity index (χ3n) is 4.37. The van der Waals surface area contributed by atoms with Gasteiger partial charge in [0.15, 0.2) is 5.96 Å². The van der Waals surface area contributed by atoms with Gasteiger partial charge in [-0.2, -0.15) is 0 Å². The van der Waals surface area contributed by atoms with Crippen molar-refractivity contribution in [2.24, 2.45) is 10.9 Å². The first-order chi connectivity index (χ1) is 12.0. The Hall–Kier alpha value is -1.50. The minimum absolute atomic E-state index is 0.408. The van der Waals surface area contributed by atoms with Crippen molar-refractivity contribution in [2.75, 3.05) is 39.8 Å². The topological polar surface area (TPSA) is 78.0 Å². The van der Waals surface area contributed by atoms with Gasteiger partial charge >= 0.3 is 6.09 Å². The molecule has 3 N–H and O–H groups in total. The number of carbonyl (C=O) groups is 1. The minimum Gasteiger partial charge on any atom is -0.444 e. The van der Waals surface area contributed by atoms with E-state index in [1.54, 1.807) is 7.05 Å². The largest absolute Gasteiger partial charge is 0.444 e. The quantitative estimate of drug-likeness (QED) is 0.494. The van der Waals surface area contributed by atoms with Crippen LogP contribution < -0.4 is 16.0 Å². The highest BCUT2D eigenvalue weighted by atomic mass is 16.6. The lowest BCUT2D eigenvalue weighted by atomic mass is 9.98. The van der Waals surface area contributed by atoms with Gasteiger partial charge in [0.05, 0.1) is 5.54 Å². The van der Waals surface area contributed by atoms with Crippen molar-refractivity contribution in [1.82, 2.24) is 20.9 Å². The van der Waals surface area contributed by atoms with E-state index in [1.807, 2.05) is 34.6 Å². The lowest BCUT2D eigenvalue weighted by molar-refractivity contribution is 0.0474. The summed E-state index contributed by atoms with van der Waals surface area (Å²) in [6.07, 6.45) is 2.11. The molecule has 0 bridgehead atoms. The molecule has 0 spiro atoms. The Labute approximate surface area is 159 Å². The van der Waals surface area contributed by atoms with Crippen molar-refractivity contribution >= 4 is 12.1 Å². The van der Waals surface area contributed by atoms with E-state index in [0.29, 0.717) is 12.5 Å². The second kappa shape index (κ2) is 10.00. The lowest BCUT2D eigenvalue weighted by Crippen LogP contribution is -2.54. The molecule has 1 heterocycles. The molecule has 1 fully saturated rings. The number of hydrogen-bond donors (Lipinski definition) is 3. The fraction of sp³-hybridized carbons (Fsp3) is 0.895. The zero-order valence-electron chi connectivity index (χ0n) is 17.7. The predicted molar refractivity (Wildman–Crippen MR) is 108 cm³/mol. The Bertz CT molecular complexity index is 471. The van der Waals surface area contributed by atoms with Gasteiger partial charge in [-0.05, 0) is 66.5 Å². The van der Waals surface area contributed by atoms with Crippen LogP contribution in [-0.2, 0) is 4.74 Å². The van der Waals surface area contributed by atoms with Crippen molar-refractivity contribution in [3.8, 4) is 0 Å². The second-order valence-corrected chi connectivity index (χ2v) is 8.72. The number of hydrogen-bond acceptors (Lipinski definition) is 4. The summed E-state index contributed by atoms with van der Waals surface area (Å²) in [5, 5.41) is 9.61. The molecule has 0 aromatic heterocycles. The average molecular weight is 370 g/mol. The number of ether oxygens (including phenoxy) is 1. The van der Waals surface area contributed by atoms with Gasteiger partial charge < -0.3 is 25.6 Å². The van der Waals surface area contributed by atoms with E-state index in [4.69, 9.17) is 4.74 Å². The maximum Gasteiger partial charge on any atom is 0.408 e. The minimum atomic E-state index is -0.502. The highest BCUT2D eigenvalue weighted by Gasteiger charge is 2.25. The monoisotopic (exact) mass is 369 g/mol. The number of likely N-dealkylation sites (tertiary alicyclic amines) is 1. The van der Waals surface area contributed by atoms with Gasteiger partial charge in [0.2, 0.25) is 0 Å².